The Balaban J connectivity index is 0.000000921. The number of hydrogen-bond donors (Lipinski definition) is 0. The molecule has 0 aliphatic heterocycles. The number of nitriles is 1. The van der Waals surface area contributed by atoms with E-state index in [1.165, 1.54) is 24.0 Å². The molecule has 0 spiro atoms. The zero-order valence-electron chi connectivity index (χ0n) is 10.3. The van der Waals surface area contributed by atoms with Gasteiger partial charge in [0.05, 0.1) is 11.6 Å². The van der Waals surface area contributed by atoms with Crippen LogP contribution in [0.5, 0.6) is 0 Å². The number of benzene rings is 1. The van der Waals surface area contributed by atoms with Crippen LogP contribution in [-0.2, 0) is 6.42 Å². The largest absolute Gasteiger partial charge is 0.192 e. The molecule has 15 heavy (non-hydrogen) atoms. The molecule has 0 bridgehead atoms. The van der Waals surface area contributed by atoms with Gasteiger partial charge in [-0.25, -0.2) is 0 Å². The van der Waals surface area contributed by atoms with Crippen LogP contribution in [0.25, 0.3) is 0 Å². The molecule has 82 valence electrons. The maximum Gasteiger partial charge on any atom is 0.0991 e. The Hall–Kier alpha value is -1.29. The smallest absolute Gasteiger partial charge is 0.0991 e. The van der Waals surface area contributed by atoms with Crippen LogP contribution in [0.2, 0.25) is 0 Å². The van der Waals surface area contributed by atoms with Gasteiger partial charge in [-0.3, -0.25) is 0 Å². The minimum Gasteiger partial charge on any atom is -0.192 e. The Kier molecular flexibility index (Phi) is 7.36. The van der Waals surface area contributed by atoms with Crippen LogP contribution in [0.4, 0.5) is 0 Å². The van der Waals surface area contributed by atoms with Crippen LogP contribution in [0.15, 0.2) is 18.2 Å². The van der Waals surface area contributed by atoms with Gasteiger partial charge in [-0.1, -0.05) is 33.3 Å². The molecule has 0 amide bonds. The lowest BCUT2D eigenvalue weighted by molar-refractivity contribution is 0.791. The standard InChI is InChI=1S/C12H15N.C2H6/c1-3-4-5-12-7-6-11(9-13)8-10(12)2;1-2/h6-8H,3-5H2,1-2H3;1-2H3. The summed E-state index contributed by atoms with van der Waals surface area (Å²) in [6, 6.07) is 8.09. The zero-order chi connectivity index (χ0) is 11.7. The van der Waals surface area contributed by atoms with Crippen molar-refractivity contribution in [2.24, 2.45) is 0 Å². The first-order valence-electron chi connectivity index (χ1n) is 5.77. The molecule has 1 nitrogen and oxygen atoms in total. The fourth-order valence-corrected chi connectivity index (χ4v) is 1.41. The Morgan fingerprint density at radius 1 is 1.27 bits per heavy atom. The monoisotopic (exact) mass is 203 g/mol. The predicted octanol–water partition coefficient (Wildman–Crippen LogP) is 4.24. The van der Waals surface area contributed by atoms with Crippen molar-refractivity contribution >= 4 is 0 Å². The van der Waals surface area contributed by atoms with Crippen LogP contribution in [0.3, 0.4) is 0 Å². The molecule has 0 fully saturated rings. The first-order chi connectivity index (χ1) is 7.27. The van der Waals surface area contributed by atoms with Crippen molar-refractivity contribution in [3.05, 3.63) is 34.9 Å². The van der Waals surface area contributed by atoms with Gasteiger partial charge < -0.3 is 0 Å². The van der Waals surface area contributed by atoms with Gasteiger partial charge in [0.1, 0.15) is 0 Å². The maximum atomic E-state index is 8.68. The summed E-state index contributed by atoms with van der Waals surface area (Å²) in [6.45, 7) is 8.27. The topological polar surface area (TPSA) is 23.8 Å². The number of nitrogens with zero attached hydrogens (tertiary/aromatic N) is 1. The Labute approximate surface area is 93.7 Å². The second kappa shape index (κ2) is 8.05. The Morgan fingerprint density at radius 3 is 2.40 bits per heavy atom. The van der Waals surface area contributed by atoms with E-state index in [1.807, 2.05) is 26.0 Å². The maximum absolute atomic E-state index is 8.68. The van der Waals surface area contributed by atoms with E-state index in [9.17, 15) is 0 Å². The molecule has 0 heterocycles. The molecule has 0 N–H and O–H groups in total. The normalized spacial score (nSPS) is 8.73. The van der Waals surface area contributed by atoms with Gasteiger partial charge in [0, 0.05) is 0 Å². The first-order valence-corrected chi connectivity index (χ1v) is 5.77. The van der Waals surface area contributed by atoms with E-state index >= 15 is 0 Å². The molecule has 0 unspecified atom stereocenters. The van der Waals surface area contributed by atoms with Gasteiger partial charge in [0.25, 0.3) is 0 Å². The highest BCUT2D eigenvalue weighted by Crippen LogP contribution is 2.13. The fraction of sp³-hybridized carbons (Fsp3) is 0.500. The van der Waals surface area contributed by atoms with Crippen molar-refractivity contribution in [2.45, 2.75) is 47.0 Å². The molecule has 0 aliphatic carbocycles. The molecule has 0 aliphatic rings. The fourth-order valence-electron chi connectivity index (χ4n) is 1.41. The molecule has 0 saturated carbocycles. The summed E-state index contributed by atoms with van der Waals surface area (Å²) < 4.78 is 0. The third-order valence-electron chi connectivity index (χ3n) is 2.27. The third kappa shape index (κ3) is 4.65. The molecular weight excluding hydrogens is 182 g/mol. The lowest BCUT2D eigenvalue weighted by atomic mass is 10.0. The number of unbranched alkanes of at least 4 members (excludes halogenated alkanes) is 1. The van der Waals surface area contributed by atoms with Crippen LogP contribution < -0.4 is 0 Å². The molecule has 1 heteroatoms. The quantitative estimate of drug-likeness (QED) is 0.721. The van der Waals surface area contributed by atoms with Crippen LogP contribution in [-0.4, -0.2) is 0 Å². The van der Waals surface area contributed by atoms with Crippen molar-refractivity contribution < 1.29 is 0 Å². The van der Waals surface area contributed by atoms with E-state index in [4.69, 9.17) is 5.26 Å². The molecule has 0 atom stereocenters. The summed E-state index contributed by atoms with van der Waals surface area (Å²) >= 11 is 0. The summed E-state index contributed by atoms with van der Waals surface area (Å²) in [5, 5.41) is 8.68. The van der Waals surface area contributed by atoms with E-state index in [0.29, 0.717) is 0 Å². The lowest BCUT2D eigenvalue weighted by Gasteiger charge is -2.04. The minimum atomic E-state index is 0.762. The Bertz CT molecular complexity index is 321. The Morgan fingerprint density at radius 2 is 1.93 bits per heavy atom. The van der Waals surface area contributed by atoms with Crippen LogP contribution in [0, 0.1) is 18.3 Å². The highest BCUT2D eigenvalue weighted by atomic mass is 14.2. The van der Waals surface area contributed by atoms with E-state index in [0.717, 1.165) is 12.0 Å². The van der Waals surface area contributed by atoms with Crippen LogP contribution in [0.1, 0.15) is 50.3 Å². The van der Waals surface area contributed by atoms with E-state index in [1.54, 1.807) is 0 Å². The number of rotatable bonds is 3. The minimum absolute atomic E-state index is 0.762. The summed E-state index contributed by atoms with van der Waals surface area (Å²) in [7, 11) is 0. The molecule has 0 aromatic heterocycles. The summed E-state index contributed by atoms with van der Waals surface area (Å²) in [6.07, 6.45) is 3.58. The molecular formula is C14H21N. The molecule has 1 aromatic carbocycles. The molecule has 1 rings (SSSR count). The van der Waals surface area contributed by atoms with Gasteiger partial charge in [-0.2, -0.15) is 5.26 Å². The second-order valence-electron chi connectivity index (χ2n) is 3.36. The van der Waals surface area contributed by atoms with Crippen LogP contribution >= 0.6 is 0 Å². The van der Waals surface area contributed by atoms with E-state index in [-0.39, 0.29) is 0 Å². The van der Waals surface area contributed by atoms with Crippen molar-refractivity contribution in [2.75, 3.05) is 0 Å². The van der Waals surface area contributed by atoms with Crippen molar-refractivity contribution in [1.82, 2.24) is 0 Å². The first kappa shape index (κ1) is 13.7. The average Bonchev–Trinajstić information content (AvgIpc) is 2.30. The van der Waals surface area contributed by atoms with E-state index in [2.05, 4.69) is 26.0 Å². The van der Waals surface area contributed by atoms with Gasteiger partial charge in [0.2, 0.25) is 0 Å². The van der Waals surface area contributed by atoms with Gasteiger partial charge in [-0.05, 0) is 43.0 Å². The highest BCUT2D eigenvalue weighted by molar-refractivity contribution is 5.37. The van der Waals surface area contributed by atoms with E-state index < -0.39 is 0 Å². The number of hydrogen-bond acceptors (Lipinski definition) is 1. The van der Waals surface area contributed by atoms with Crippen molar-refractivity contribution in [1.29, 1.82) is 5.26 Å². The zero-order valence-corrected chi connectivity index (χ0v) is 10.3. The molecule has 0 radical (unpaired) electrons. The van der Waals surface area contributed by atoms with Gasteiger partial charge in [-0.15, -0.1) is 0 Å². The highest BCUT2D eigenvalue weighted by Gasteiger charge is 1.98. The second-order valence-corrected chi connectivity index (χ2v) is 3.36. The van der Waals surface area contributed by atoms with Crippen molar-refractivity contribution in [3.63, 3.8) is 0 Å². The van der Waals surface area contributed by atoms with Crippen molar-refractivity contribution in [3.8, 4) is 6.07 Å². The third-order valence-corrected chi connectivity index (χ3v) is 2.27. The van der Waals surface area contributed by atoms with Gasteiger partial charge >= 0.3 is 0 Å². The van der Waals surface area contributed by atoms with Gasteiger partial charge in [0.15, 0.2) is 0 Å². The summed E-state index contributed by atoms with van der Waals surface area (Å²) in [5.41, 5.74) is 3.38. The summed E-state index contributed by atoms with van der Waals surface area (Å²) in [4.78, 5) is 0. The SMILES string of the molecule is CC.CCCCc1ccc(C#N)cc1C. The molecule has 0 saturated heterocycles. The molecule has 1 aromatic rings. The average molecular weight is 203 g/mol. The number of aryl methyl sites for hydroxylation is 2. The predicted molar refractivity (Wildman–Crippen MR) is 65.9 cm³/mol. The summed E-state index contributed by atoms with van der Waals surface area (Å²) in [5.74, 6) is 0. The lowest BCUT2D eigenvalue weighted by Crippen LogP contribution is -1.90.